The number of allylic oxidation sites excluding steroid dienone is 2. The highest BCUT2D eigenvalue weighted by Gasteiger charge is 2.36. The van der Waals surface area contributed by atoms with Crippen LogP contribution in [0.25, 0.3) is 0 Å². The maximum Gasteiger partial charge on any atom is 0.254 e. The molecular formula is C20H28N2O3. The van der Waals surface area contributed by atoms with Gasteiger partial charge in [-0.3, -0.25) is 4.79 Å². The molecule has 136 valence electrons. The quantitative estimate of drug-likeness (QED) is 0.637. The van der Waals surface area contributed by atoms with E-state index in [9.17, 15) is 4.79 Å². The zero-order valence-corrected chi connectivity index (χ0v) is 15.2. The molecule has 5 heteroatoms. The second-order valence-electron chi connectivity index (χ2n) is 7.08. The Kier molecular flexibility index (Phi) is 5.63. The fourth-order valence-corrected chi connectivity index (χ4v) is 3.82. The molecular weight excluding hydrogens is 316 g/mol. The van der Waals surface area contributed by atoms with Gasteiger partial charge >= 0.3 is 0 Å². The Morgan fingerprint density at radius 1 is 1.28 bits per heavy atom. The van der Waals surface area contributed by atoms with Crippen LogP contribution in [0, 0.1) is 11.8 Å². The van der Waals surface area contributed by atoms with E-state index >= 15 is 0 Å². The van der Waals surface area contributed by atoms with Gasteiger partial charge in [0.25, 0.3) is 5.91 Å². The minimum Gasteiger partial charge on any atom is -0.493 e. The number of amides is 1. The SMILES string of the molecule is COc1ccc(C(=O)N2C[C@H]3CC=C(C)C[C@H]3C2)cc1OCCCN. The van der Waals surface area contributed by atoms with Gasteiger partial charge < -0.3 is 20.1 Å². The summed E-state index contributed by atoms with van der Waals surface area (Å²) in [6.07, 6.45) is 5.30. The first-order valence-electron chi connectivity index (χ1n) is 9.08. The van der Waals surface area contributed by atoms with Gasteiger partial charge in [0.2, 0.25) is 0 Å². The highest BCUT2D eigenvalue weighted by Crippen LogP contribution is 2.37. The van der Waals surface area contributed by atoms with Crippen LogP contribution in [0.2, 0.25) is 0 Å². The Morgan fingerprint density at radius 3 is 2.84 bits per heavy atom. The lowest BCUT2D eigenvalue weighted by molar-refractivity contribution is 0.0783. The van der Waals surface area contributed by atoms with Crippen molar-refractivity contribution < 1.29 is 14.3 Å². The standard InChI is InChI=1S/C20H28N2O3/c1-14-4-5-16-12-22(13-17(16)10-14)20(23)15-6-7-18(24-2)19(11-15)25-9-3-8-21/h4,6-7,11,16-17H,3,5,8-10,12-13,21H2,1-2H3/t16-,17+/m1/s1. The monoisotopic (exact) mass is 344 g/mol. The van der Waals surface area contributed by atoms with E-state index in [1.165, 1.54) is 5.57 Å². The molecule has 0 saturated carbocycles. The van der Waals surface area contributed by atoms with Crippen molar-refractivity contribution in [1.82, 2.24) is 4.90 Å². The number of ether oxygens (including phenoxy) is 2. The molecule has 0 radical (unpaired) electrons. The summed E-state index contributed by atoms with van der Waals surface area (Å²) in [4.78, 5) is 14.9. The second-order valence-corrected chi connectivity index (χ2v) is 7.08. The molecule has 2 atom stereocenters. The third-order valence-electron chi connectivity index (χ3n) is 5.23. The number of rotatable bonds is 6. The Labute approximate surface area is 149 Å². The molecule has 1 saturated heterocycles. The Bertz CT molecular complexity index is 656. The summed E-state index contributed by atoms with van der Waals surface area (Å²) in [5.41, 5.74) is 7.63. The van der Waals surface area contributed by atoms with Gasteiger partial charge in [0, 0.05) is 18.7 Å². The number of likely N-dealkylation sites (tertiary alicyclic amines) is 1. The van der Waals surface area contributed by atoms with Crippen LogP contribution in [0.3, 0.4) is 0 Å². The number of methoxy groups -OCH3 is 1. The van der Waals surface area contributed by atoms with Crippen molar-refractivity contribution in [3.63, 3.8) is 0 Å². The third-order valence-corrected chi connectivity index (χ3v) is 5.23. The molecule has 0 unspecified atom stereocenters. The molecule has 5 nitrogen and oxygen atoms in total. The van der Waals surface area contributed by atoms with Gasteiger partial charge in [0.15, 0.2) is 11.5 Å². The van der Waals surface area contributed by atoms with Crippen LogP contribution in [-0.2, 0) is 0 Å². The molecule has 1 heterocycles. The number of carbonyl (C=O) groups is 1. The molecule has 1 aliphatic heterocycles. The van der Waals surface area contributed by atoms with E-state index in [2.05, 4.69) is 13.0 Å². The van der Waals surface area contributed by atoms with E-state index in [-0.39, 0.29) is 5.91 Å². The lowest BCUT2D eigenvalue weighted by Crippen LogP contribution is -2.29. The molecule has 2 aliphatic rings. The minimum absolute atomic E-state index is 0.0818. The normalized spacial score (nSPS) is 22.4. The number of nitrogens with zero attached hydrogens (tertiary/aromatic N) is 1. The van der Waals surface area contributed by atoms with E-state index in [0.29, 0.717) is 42.0 Å². The smallest absolute Gasteiger partial charge is 0.254 e. The number of carbonyl (C=O) groups excluding carboxylic acids is 1. The van der Waals surface area contributed by atoms with E-state index in [4.69, 9.17) is 15.2 Å². The van der Waals surface area contributed by atoms with Crippen molar-refractivity contribution in [2.45, 2.75) is 26.2 Å². The van der Waals surface area contributed by atoms with Crippen LogP contribution < -0.4 is 15.2 Å². The summed E-state index contributed by atoms with van der Waals surface area (Å²) in [6.45, 7) is 4.98. The van der Waals surface area contributed by atoms with Gasteiger partial charge in [-0.1, -0.05) is 11.6 Å². The van der Waals surface area contributed by atoms with Crippen LogP contribution in [0.1, 0.15) is 36.5 Å². The lowest BCUT2D eigenvalue weighted by Gasteiger charge is -2.21. The van der Waals surface area contributed by atoms with Gasteiger partial charge in [-0.25, -0.2) is 0 Å². The average Bonchev–Trinajstić information content (AvgIpc) is 3.04. The van der Waals surface area contributed by atoms with Gasteiger partial charge in [0.05, 0.1) is 13.7 Å². The van der Waals surface area contributed by atoms with Crippen molar-refractivity contribution in [3.8, 4) is 11.5 Å². The van der Waals surface area contributed by atoms with Gasteiger partial charge in [-0.2, -0.15) is 0 Å². The maximum absolute atomic E-state index is 12.9. The van der Waals surface area contributed by atoms with Crippen LogP contribution in [-0.4, -0.2) is 44.2 Å². The van der Waals surface area contributed by atoms with Gasteiger partial charge in [0.1, 0.15) is 0 Å². The van der Waals surface area contributed by atoms with Crippen molar-refractivity contribution in [3.05, 3.63) is 35.4 Å². The summed E-state index contributed by atoms with van der Waals surface area (Å²) < 4.78 is 11.1. The van der Waals surface area contributed by atoms with Gasteiger partial charge in [-0.05, 0) is 62.8 Å². The van der Waals surface area contributed by atoms with Crippen LogP contribution in [0.15, 0.2) is 29.8 Å². The fraction of sp³-hybridized carbons (Fsp3) is 0.550. The van der Waals surface area contributed by atoms with Crippen molar-refractivity contribution in [2.24, 2.45) is 17.6 Å². The molecule has 1 amide bonds. The number of benzene rings is 1. The Hall–Kier alpha value is -2.01. The van der Waals surface area contributed by atoms with E-state index in [1.807, 2.05) is 11.0 Å². The maximum atomic E-state index is 12.9. The van der Waals surface area contributed by atoms with Crippen molar-refractivity contribution in [2.75, 3.05) is 33.4 Å². The van der Waals surface area contributed by atoms with Crippen LogP contribution in [0.4, 0.5) is 0 Å². The minimum atomic E-state index is 0.0818. The molecule has 2 N–H and O–H groups in total. The molecule has 25 heavy (non-hydrogen) atoms. The largest absolute Gasteiger partial charge is 0.493 e. The topological polar surface area (TPSA) is 64.8 Å². The highest BCUT2D eigenvalue weighted by atomic mass is 16.5. The molecule has 1 aromatic rings. The molecule has 0 aromatic heterocycles. The molecule has 0 spiro atoms. The van der Waals surface area contributed by atoms with Crippen molar-refractivity contribution >= 4 is 5.91 Å². The first kappa shape index (κ1) is 17.8. The third kappa shape index (κ3) is 3.98. The van der Waals surface area contributed by atoms with Crippen molar-refractivity contribution in [1.29, 1.82) is 0 Å². The summed E-state index contributed by atoms with van der Waals surface area (Å²) >= 11 is 0. The molecule has 3 rings (SSSR count). The predicted molar refractivity (Wildman–Crippen MR) is 98.0 cm³/mol. The molecule has 1 fully saturated rings. The molecule has 1 aliphatic carbocycles. The molecule has 0 bridgehead atoms. The summed E-state index contributed by atoms with van der Waals surface area (Å²) in [5, 5.41) is 0. The Balaban J connectivity index is 1.71. The summed E-state index contributed by atoms with van der Waals surface area (Å²) in [7, 11) is 1.60. The summed E-state index contributed by atoms with van der Waals surface area (Å²) in [5.74, 6) is 2.54. The first-order valence-corrected chi connectivity index (χ1v) is 9.08. The van der Waals surface area contributed by atoms with E-state index in [0.717, 1.165) is 32.4 Å². The average molecular weight is 344 g/mol. The van der Waals surface area contributed by atoms with Gasteiger partial charge in [-0.15, -0.1) is 0 Å². The van der Waals surface area contributed by atoms with E-state index < -0.39 is 0 Å². The number of nitrogens with two attached hydrogens (primary N) is 1. The first-order chi connectivity index (χ1) is 12.1. The zero-order valence-electron chi connectivity index (χ0n) is 15.2. The second kappa shape index (κ2) is 7.91. The van der Waals surface area contributed by atoms with Crippen LogP contribution in [0.5, 0.6) is 11.5 Å². The number of fused-ring (bicyclic) bond motifs is 1. The summed E-state index contributed by atoms with van der Waals surface area (Å²) in [6, 6.07) is 5.42. The van der Waals surface area contributed by atoms with E-state index in [1.54, 1.807) is 19.2 Å². The van der Waals surface area contributed by atoms with Crippen LogP contribution >= 0.6 is 0 Å². The molecule has 1 aromatic carbocycles. The number of hydrogen-bond acceptors (Lipinski definition) is 4. The zero-order chi connectivity index (χ0) is 17.8. The fourth-order valence-electron chi connectivity index (χ4n) is 3.82. The lowest BCUT2D eigenvalue weighted by atomic mass is 9.83. The number of hydrogen-bond donors (Lipinski definition) is 1. The Morgan fingerprint density at radius 2 is 2.08 bits per heavy atom. The predicted octanol–water partition coefficient (Wildman–Crippen LogP) is 2.85. The highest BCUT2D eigenvalue weighted by molar-refractivity contribution is 5.95.